The minimum Gasteiger partial charge on any atom is -0.506 e. The Labute approximate surface area is 148 Å². The van der Waals surface area contributed by atoms with Crippen LogP contribution < -0.4 is 0 Å². The highest BCUT2D eigenvalue weighted by molar-refractivity contribution is 6.00. The molecule has 130 valence electrons. The van der Waals surface area contributed by atoms with Gasteiger partial charge in [0.2, 0.25) is 11.8 Å². The van der Waals surface area contributed by atoms with Crippen LogP contribution >= 0.6 is 0 Å². The zero-order chi connectivity index (χ0) is 18.6. The molecule has 0 radical (unpaired) electrons. The van der Waals surface area contributed by atoms with E-state index in [2.05, 4.69) is 0 Å². The summed E-state index contributed by atoms with van der Waals surface area (Å²) in [6, 6.07) is 10.8. The van der Waals surface area contributed by atoms with E-state index in [4.69, 9.17) is 0 Å². The molecule has 2 aromatic heterocycles. The molecule has 0 atom stereocenters. The summed E-state index contributed by atoms with van der Waals surface area (Å²) in [7, 11) is 0. The minimum atomic E-state index is -0.181. The molecule has 0 saturated heterocycles. The van der Waals surface area contributed by atoms with E-state index in [1.807, 2.05) is 12.1 Å². The van der Waals surface area contributed by atoms with Crippen molar-refractivity contribution < 1.29 is 19.8 Å². The number of benzene rings is 2. The number of hydrogen-bond acceptors (Lipinski definition) is 4. The highest BCUT2D eigenvalue weighted by Crippen LogP contribution is 2.35. The molecule has 0 unspecified atom stereocenters. The Kier molecular flexibility index (Phi) is 3.37. The molecule has 2 N–H and O–H groups in total. The summed E-state index contributed by atoms with van der Waals surface area (Å²) in [5.41, 5.74) is 2.91. The standard InChI is InChI=1S/C20H16N2O4/c1-11(23)21-9-19(25)15-7-13(3-5-17(15)21)14-4-6-18-16(8-14)20(26)10-22(18)12(2)24/h3-10,25-26H,1-2H3. The predicted molar refractivity (Wildman–Crippen MR) is 98.8 cm³/mol. The van der Waals surface area contributed by atoms with E-state index in [0.29, 0.717) is 21.8 Å². The van der Waals surface area contributed by atoms with E-state index in [0.717, 1.165) is 11.1 Å². The highest BCUT2D eigenvalue weighted by Gasteiger charge is 2.14. The second-order valence-electron chi connectivity index (χ2n) is 6.27. The number of aromatic hydroxyl groups is 2. The van der Waals surface area contributed by atoms with Crippen molar-refractivity contribution in [3.63, 3.8) is 0 Å². The van der Waals surface area contributed by atoms with Crippen LogP contribution in [0, 0.1) is 0 Å². The fourth-order valence-corrected chi connectivity index (χ4v) is 3.31. The Morgan fingerprint density at radius 2 is 1.12 bits per heavy atom. The largest absolute Gasteiger partial charge is 0.506 e. The van der Waals surface area contributed by atoms with Crippen LogP contribution in [0.5, 0.6) is 11.5 Å². The summed E-state index contributed by atoms with van der Waals surface area (Å²) in [6.07, 6.45) is 2.80. The quantitative estimate of drug-likeness (QED) is 0.545. The lowest BCUT2D eigenvalue weighted by atomic mass is 10.0. The van der Waals surface area contributed by atoms with Gasteiger partial charge in [0.25, 0.3) is 0 Å². The van der Waals surface area contributed by atoms with Gasteiger partial charge in [-0.3, -0.25) is 18.7 Å². The van der Waals surface area contributed by atoms with E-state index < -0.39 is 0 Å². The molecule has 0 bridgehead atoms. The first-order valence-electron chi connectivity index (χ1n) is 8.07. The van der Waals surface area contributed by atoms with E-state index in [-0.39, 0.29) is 23.3 Å². The maximum Gasteiger partial charge on any atom is 0.228 e. The van der Waals surface area contributed by atoms with Crippen LogP contribution in [0.4, 0.5) is 0 Å². The zero-order valence-corrected chi connectivity index (χ0v) is 14.2. The topological polar surface area (TPSA) is 84.5 Å². The van der Waals surface area contributed by atoms with Crippen molar-refractivity contribution in [2.24, 2.45) is 0 Å². The van der Waals surface area contributed by atoms with Crippen molar-refractivity contribution in [1.29, 1.82) is 0 Å². The number of carbonyl (C=O) groups is 2. The average molecular weight is 348 g/mol. The van der Waals surface area contributed by atoms with Gasteiger partial charge in [-0.1, -0.05) is 12.1 Å². The molecule has 4 rings (SSSR count). The molecular formula is C20H16N2O4. The Balaban J connectivity index is 1.90. The molecule has 0 amide bonds. The smallest absolute Gasteiger partial charge is 0.228 e. The fraction of sp³-hybridized carbons (Fsp3) is 0.100. The van der Waals surface area contributed by atoms with Gasteiger partial charge < -0.3 is 10.2 Å². The molecular weight excluding hydrogens is 332 g/mol. The highest BCUT2D eigenvalue weighted by atomic mass is 16.3. The summed E-state index contributed by atoms with van der Waals surface area (Å²) in [4.78, 5) is 23.3. The van der Waals surface area contributed by atoms with E-state index in [9.17, 15) is 19.8 Å². The molecule has 4 aromatic rings. The van der Waals surface area contributed by atoms with Gasteiger partial charge in [0.05, 0.1) is 23.4 Å². The predicted octanol–water partition coefficient (Wildman–Crippen LogP) is 3.99. The summed E-state index contributed by atoms with van der Waals surface area (Å²) < 4.78 is 2.80. The van der Waals surface area contributed by atoms with Gasteiger partial charge in [0, 0.05) is 24.6 Å². The molecule has 0 fully saturated rings. The molecule has 26 heavy (non-hydrogen) atoms. The van der Waals surface area contributed by atoms with Crippen molar-refractivity contribution in [2.45, 2.75) is 13.8 Å². The SMILES string of the molecule is CC(=O)n1cc(O)c2cc(-c3ccc4c(c3)c(O)cn4C(C)=O)ccc21. The molecule has 2 aromatic carbocycles. The second-order valence-corrected chi connectivity index (χ2v) is 6.27. The molecule has 6 nitrogen and oxygen atoms in total. The van der Waals surface area contributed by atoms with Crippen molar-refractivity contribution in [1.82, 2.24) is 9.13 Å². The third-order valence-corrected chi connectivity index (χ3v) is 4.58. The number of rotatable bonds is 1. The van der Waals surface area contributed by atoms with Gasteiger partial charge in [0.1, 0.15) is 11.5 Å². The van der Waals surface area contributed by atoms with E-state index in [1.54, 1.807) is 24.3 Å². The normalized spacial score (nSPS) is 11.3. The number of fused-ring (bicyclic) bond motifs is 2. The average Bonchev–Trinajstić information content (AvgIpc) is 3.12. The first kappa shape index (κ1) is 16.0. The molecule has 2 heterocycles. The molecule has 0 saturated carbocycles. The zero-order valence-electron chi connectivity index (χ0n) is 14.2. The monoisotopic (exact) mass is 348 g/mol. The third kappa shape index (κ3) is 2.27. The number of hydrogen-bond donors (Lipinski definition) is 2. The van der Waals surface area contributed by atoms with Gasteiger partial charge >= 0.3 is 0 Å². The van der Waals surface area contributed by atoms with Crippen LogP contribution in [0.2, 0.25) is 0 Å². The van der Waals surface area contributed by atoms with Crippen molar-refractivity contribution in [3.05, 3.63) is 48.8 Å². The Hall–Kier alpha value is -3.54. The molecule has 0 aliphatic rings. The lowest BCUT2D eigenvalue weighted by Gasteiger charge is -2.05. The van der Waals surface area contributed by atoms with E-state index >= 15 is 0 Å². The summed E-state index contributed by atoms with van der Waals surface area (Å²) in [5.74, 6) is -0.299. The number of nitrogens with zero attached hydrogens (tertiary/aromatic N) is 2. The van der Waals surface area contributed by atoms with Gasteiger partial charge in [-0.15, -0.1) is 0 Å². The van der Waals surface area contributed by atoms with E-state index in [1.165, 1.54) is 35.4 Å². The van der Waals surface area contributed by atoms with Gasteiger partial charge in [-0.2, -0.15) is 0 Å². The van der Waals surface area contributed by atoms with Gasteiger partial charge in [-0.05, 0) is 35.4 Å². The van der Waals surface area contributed by atoms with Crippen molar-refractivity contribution in [3.8, 4) is 22.6 Å². The fourth-order valence-electron chi connectivity index (χ4n) is 3.31. The van der Waals surface area contributed by atoms with Crippen LogP contribution in [0.1, 0.15) is 23.4 Å². The van der Waals surface area contributed by atoms with Crippen LogP contribution in [0.3, 0.4) is 0 Å². The first-order valence-corrected chi connectivity index (χ1v) is 8.07. The summed E-state index contributed by atoms with van der Waals surface area (Å²) >= 11 is 0. The van der Waals surface area contributed by atoms with Gasteiger partial charge in [0.15, 0.2) is 0 Å². The van der Waals surface area contributed by atoms with Crippen LogP contribution in [0.15, 0.2) is 48.8 Å². The first-order chi connectivity index (χ1) is 12.4. The Morgan fingerprint density at radius 3 is 1.46 bits per heavy atom. The molecule has 0 spiro atoms. The maximum absolute atomic E-state index is 11.7. The van der Waals surface area contributed by atoms with Crippen LogP contribution in [0.25, 0.3) is 32.9 Å². The van der Waals surface area contributed by atoms with Gasteiger partial charge in [-0.25, -0.2) is 0 Å². The summed E-state index contributed by atoms with van der Waals surface area (Å²) in [5, 5.41) is 21.4. The van der Waals surface area contributed by atoms with Crippen LogP contribution in [-0.4, -0.2) is 31.2 Å². The van der Waals surface area contributed by atoms with Crippen molar-refractivity contribution >= 4 is 33.6 Å². The lowest BCUT2D eigenvalue weighted by molar-refractivity contribution is 0.0932. The third-order valence-electron chi connectivity index (χ3n) is 4.58. The number of aromatic nitrogens is 2. The second kappa shape index (κ2) is 5.49. The molecule has 6 heteroatoms. The van der Waals surface area contributed by atoms with Crippen LogP contribution in [-0.2, 0) is 0 Å². The Morgan fingerprint density at radius 1 is 0.731 bits per heavy atom. The van der Waals surface area contributed by atoms with Crippen molar-refractivity contribution in [2.75, 3.05) is 0 Å². The number of carbonyl (C=O) groups excluding carboxylic acids is 2. The lowest BCUT2D eigenvalue weighted by Crippen LogP contribution is -2.02. The summed E-state index contributed by atoms with van der Waals surface area (Å²) in [6.45, 7) is 2.87. The Bertz CT molecular complexity index is 1120. The maximum atomic E-state index is 11.7. The molecule has 0 aliphatic carbocycles. The minimum absolute atomic E-state index is 0.0312. The molecule has 0 aliphatic heterocycles.